The predicted molar refractivity (Wildman–Crippen MR) is 56.5 cm³/mol. The van der Waals surface area contributed by atoms with Gasteiger partial charge in [-0.25, -0.2) is 0 Å². The maximum atomic E-state index is 11.3. The Morgan fingerprint density at radius 2 is 2.36 bits per heavy atom. The number of carbonyl (C=O) groups excluding carboxylic acids is 1. The fourth-order valence-corrected chi connectivity index (χ4v) is 1.27. The van der Waals surface area contributed by atoms with Crippen LogP contribution < -0.4 is 11.1 Å². The highest BCUT2D eigenvalue weighted by Crippen LogP contribution is 2.20. The van der Waals surface area contributed by atoms with Crippen LogP contribution in [-0.2, 0) is 0 Å². The molecule has 0 aliphatic carbocycles. The molecular formula is C9H8BrN3O. The molecule has 1 amide bonds. The number of rotatable bonds is 2. The first-order valence-corrected chi connectivity index (χ1v) is 4.64. The van der Waals surface area contributed by atoms with Crippen LogP contribution in [0.1, 0.15) is 10.4 Å². The smallest absolute Gasteiger partial charge is 0.252 e. The topological polar surface area (TPSA) is 78.9 Å². The van der Waals surface area contributed by atoms with Gasteiger partial charge in [-0.1, -0.05) is 0 Å². The Balaban J connectivity index is 2.82. The van der Waals surface area contributed by atoms with Crippen molar-refractivity contribution < 1.29 is 4.79 Å². The summed E-state index contributed by atoms with van der Waals surface area (Å²) < 4.78 is 0.669. The molecule has 0 heterocycles. The zero-order chi connectivity index (χ0) is 10.6. The molecule has 1 rings (SSSR count). The first-order valence-electron chi connectivity index (χ1n) is 3.85. The van der Waals surface area contributed by atoms with Gasteiger partial charge in [0.05, 0.1) is 6.07 Å². The lowest BCUT2D eigenvalue weighted by Gasteiger charge is -2.03. The third-order valence-corrected chi connectivity index (χ3v) is 2.28. The minimum Gasteiger partial charge on any atom is -0.398 e. The van der Waals surface area contributed by atoms with E-state index >= 15 is 0 Å². The van der Waals surface area contributed by atoms with Crippen molar-refractivity contribution in [3.63, 3.8) is 0 Å². The predicted octanol–water partition coefficient (Wildman–Crippen LogP) is 1.28. The van der Waals surface area contributed by atoms with Crippen LogP contribution in [0.3, 0.4) is 0 Å². The summed E-state index contributed by atoms with van der Waals surface area (Å²) in [5.74, 6) is -0.285. The molecule has 0 saturated heterocycles. The van der Waals surface area contributed by atoms with Crippen LogP contribution in [0.5, 0.6) is 0 Å². The van der Waals surface area contributed by atoms with E-state index in [0.717, 1.165) is 0 Å². The summed E-state index contributed by atoms with van der Waals surface area (Å²) in [7, 11) is 0. The molecule has 1 aromatic carbocycles. The van der Waals surface area contributed by atoms with E-state index in [2.05, 4.69) is 21.2 Å². The Kier molecular flexibility index (Phi) is 3.48. The summed E-state index contributed by atoms with van der Waals surface area (Å²) in [4.78, 5) is 11.3. The van der Waals surface area contributed by atoms with Gasteiger partial charge in [-0.3, -0.25) is 4.79 Å². The third kappa shape index (κ3) is 2.47. The van der Waals surface area contributed by atoms with E-state index in [4.69, 9.17) is 11.0 Å². The van der Waals surface area contributed by atoms with Crippen molar-refractivity contribution in [3.8, 4) is 6.07 Å². The summed E-state index contributed by atoms with van der Waals surface area (Å²) in [6.07, 6.45) is 0. The second kappa shape index (κ2) is 4.63. The van der Waals surface area contributed by atoms with E-state index in [-0.39, 0.29) is 12.5 Å². The summed E-state index contributed by atoms with van der Waals surface area (Å²) in [5, 5.41) is 10.7. The van der Waals surface area contributed by atoms with E-state index in [1.807, 2.05) is 6.07 Å². The van der Waals surface area contributed by atoms with E-state index in [9.17, 15) is 4.79 Å². The van der Waals surface area contributed by atoms with Crippen molar-refractivity contribution in [2.24, 2.45) is 0 Å². The molecule has 14 heavy (non-hydrogen) atoms. The van der Waals surface area contributed by atoms with Crippen molar-refractivity contribution in [1.29, 1.82) is 5.26 Å². The number of nitrogens with two attached hydrogens (primary N) is 1. The monoisotopic (exact) mass is 253 g/mol. The fraction of sp³-hybridized carbons (Fsp3) is 0.111. The minimum atomic E-state index is -0.285. The van der Waals surface area contributed by atoms with Gasteiger partial charge in [0.15, 0.2) is 0 Å². The van der Waals surface area contributed by atoms with Crippen LogP contribution >= 0.6 is 15.9 Å². The number of nitrogens with zero attached hydrogens (tertiary/aromatic N) is 1. The Morgan fingerprint density at radius 3 is 2.93 bits per heavy atom. The van der Waals surface area contributed by atoms with E-state index in [0.29, 0.717) is 15.7 Å². The maximum Gasteiger partial charge on any atom is 0.252 e. The lowest BCUT2D eigenvalue weighted by Crippen LogP contribution is -2.23. The van der Waals surface area contributed by atoms with Gasteiger partial charge < -0.3 is 11.1 Å². The number of hydrogen-bond donors (Lipinski definition) is 2. The van der Waals surface area contributed by atoms with Gasteiger partial charge in [0.2, 0.25) is 0 Å². The summed E-state index contributed by atoms with van der Waals surface area (Å²) in [6.45, 7) is 0.000822. The largest absolute Gasteiger partial charge is 0.398 e. The first-order chi connectivity index (χ1) is 6.65. The lowest BCUT2D eigenvalue weighted by atomic mass is 10.2. The lowest BCUT2D eigenvalue weighted by molar-refractivity contribution is 0.0958. The number of carbonyl (C=O) groups is 1. The fourth-order valence-electron chi connectivity index (χ4n) is 0.890. The van der Waals surface area contributed by atoms with Crippen molar-refractivity contribution in [2.75, 3.05) is 12.3 Å². The second-order valence-electron chi connectivity index (χ2n) is 2.58. The molecule has 72 valence electrons. The number of nitrogens with one attached hydrogen (secondary N) is 1. The van der Waals surface area contributed by atoms with Crippen LogP contribution in [0.25, 0.3) is 0 Å². The van der Waals surface area contributed by atoms with Crippen LogP contribution in [0.4, 0.5) is 5.69 Å². The molecule has 0 spiro atoms. The van der Waals surface area contributed by atoms with Crippen LogP contribution in [0.2, 0.25) is 0 Å². The number of amides is 1. The van der Waals surface area contributed by atoms with Gasteiger partial charge in [0, 0.05) is 15.7 Å². The molecule has 0 saturated carbocycles. The van der Waals surface area contributed by atoms with Gasteiger partial charge in [-0.15, -0.1) is 0 Å². The number of nitriles is 1. The van der Waals surface area contributed by atoms with E-state index in [1.165, 1.54) is 0 Å². The molecular weight excluding hydrogens is 246 g/mol. The Labute approximate surface area is 89.8 Å². The second-order valence-corrected chi connectivity index (χ2v) is 3.43. The highest BCUT2D eigenvalue weighted by atomic mass is 79.9. The Morgan fingerprint density at radius 1 is 1.64 bits per heavy atom. The molecule has 0 unspecified atom stereocenters. The SMILES string of the molecule is N#CCNC(=O)c1ccc(N)c(Br)c1. The zero-order valence-corrected chi connectivity index (χ0v) is 8.84. The highest BCUT2D eigenvalue weighted by molar-refractivity contribution is 9.10. The van der Waals surface area contributed by atoms with Gasteiger partial charge in [-0.2, -0.15) is 5.26 Å². The quantitative estimate of drug-likeness (QED) is 0.616. The molecule has 0 atom stereocenters. The average molecular weight is 254 g/mol. The normalized spacial score (nSPS) is 9.14. The average Bonchev–Trinajstić information content (AvgIpc) is 2.18. The molecule has 0 radical (unpaired) electrons. The molecule has 4 nitrogen and oxygen atoms in total. The van der Waals surface area contributed by atoms with Gasteiger partial charge in [0.25, 0.3) is 5.91 Å². The Bertz CT molecular complexity index is 398. The van der Waals surface area contributed by atoms with E-state index < -0.39 is 0 Å². The minimum absolute atomic E-state index is 0.000822. The summed E-state index contributed by atoms with van der Waals surface area (Å²) in [5.41, 5.74) is 6.60. The van der Waals surface area contributed by atoms with Crippen molar-refractivity contribution in [2.45, 2.75) is 0 Å². The molecule has 5 heteroatoms. The molecule has 0 aliphatic rings. The standard InChI is InChI=1S/C9H8BrN3O/c10-7-5-6(1-2-8(7)12)9(14)13-4-3-11/h1-2,5H,4,12H2,(H,13,14). The van der Waals surface area contributed by atoms with Gasteiger partial charge >= 0.3 is 0 Å². The van der Waals surface area contributed by atoms with Crippen molar-refractivity contribution >= 4 is 27.5 Å². The highest BCUT2D eigenvalue weighted by Gasteiger charge is 2.05. The molecule has 1 aromatic rings. The van der Waals surface area contributed by atoms with Crippen LogP contribution in [0, 0.1) is 11.3 Å². The maximum absolute atomic E-state index is 11.3. The molecule has 0 aliphatic heterocycles. The number of halogens is 1. The summed E-state index contributed by atoms with van der Waals surface area (Å²) >= 11 is 3.21. The Hall–Kier alpha value is -1.54. The zero-order valence-electron chi connectivity index (χ0n) is 7.25. The van der Waals surface area contributed by atoms with Gasteiger partial charge in [-0.05, 0) is 34.1 Å². The number of anilines is 1. The van der Waals surface area contributed by atoms with Crippen molar-refractivity contribution in [1.82, 2.24) is 5.32 Å². The molecule has 0 fully saturated rings. The van der Waals surface area contributed by atoms with E-state index in [1.54, 1.807) is 18.2 Å². The first kappa shape index (κ1) is 10.5. The summed E-state index contributed by atoms with van der Waals surface area (Å²) in [6, 6.07) is 6.67. The van der Waals surface area contributed by atoms with Crippen LogP contribution in [-0.4, -0.2) is 12.5 Å². The molecule has 0 aromatic heterocycles. The third-order valence-electron chi connectivity index (χ3n) is 1.59. The van der Waals surface area contributed by atoms with Crippen LogP contribution in [0.15, 0.2) is 22.7 Å². The number of benzene rings is 1. The molecule has 3 N–H and O–H groups in total. The van der Waals surface area contributed by atoms with Gasteiger partial charge in [0.1, 0.15) is 6.54 Å². The number of hydrogen-bond acceptors (Lipinski definition) is 3. The number of nitrogen functional groups attached to an aromatic ring is 1. The molecule has 0 bridgehead atoms. The van der Waals surface area contributed by atoms with Crippen molar-refractivity contribution in [3.05, 3.63) is 28.2 Å².